The van der Waals surface area contributed by atoms with Crippen LogP contribution in [0.1, 0.15) is 19.4 Å². The first kappa shape index (κ1) is 23.3. The van der Waals surface area contributed by atoms with Gasteiger partial charge in [-0.15, -0.1) is 0 Å². The van der Waals surface area contributed by atoms with E-state index in [9.17, 15) is 9.59 Å². The number of likely N-dealkylation sites (N-methyl/N-ethyl adjacent to an activating group) is 1. The lowest BCUT2D eigenvalue weighted by Crippen LogP contribution is -2.49. The highest BCUT2D eigenvalue weighted by Crippen LogP contribution is 2.33. The van der Waals surface area contributed by atoms with Crippen molar-refractivity contribution < 1.29 is 14.3 Å². The smallest absolute Gasteiger partial charge is 0.261 e. The Morgan fingerprint density at radius 1 is 1.06 bits per heavy atom. The second-order valence-corrected chi connectivity index (χ2v) is 8.82. The van der Waals surface area contributed by atoms with Gasteiger partial charge in [0.15, 0.2) is 6.61 Å². The average Bonchev–Trinajstić information content (AvgIpc) is 2.77. The second-order valence-electron chi connectivity index (χ2n) is 7.11. The Kier molecular flexibility index (Phi) is 8.09. The van der Waals surface area contributed by atoms with Crippen LogP contribution in [-0.2, 0) is 16.1 Å². The predicted octanol–water partition coefficient (Wildman–Crippen LogP) is 5.30. The molecular weight excluding hydrogens is 524 g/mol. The van der Waals surface area contributed by atoms with E-state index in [1.54, 1.807) is 11.8 Å². The number of benzene rings is 3. The number of nitrogens with zero attached hydrogens (tertiary/aromatic N) is 1. The summed E-state index contributed by atoms with van der Waals surface area (Å²) in [5.41, 5.74) is 0.922. The van der Waals surface area contributed by atoms with Gasteiger partial charge in [0.25, 0.3) is 5.91 Å². The molecular formula is C24H24Br2N2O3. The molecule has 3 rings (SSSR count). The fraction of sp³-hybridized carbons (Fsp3) is 0.250. The lowest BCUT2D eigenvalue weighted by Gasteiger charge is -2.28. The standard InChI is InChI=1S/C24H24Br2N2O3/c1-3-27-24(30)16(2)28(14-17-7-6-9-19(25)13-17)22(29)15-31-21-12-11-18-8-4-5-10-20(18)23(21)26/h4-13,16H,3,14-15H2,1-2H3,(H,27,30). The summed E-state index contributed by atoms with van der Waals surface area (Å²) in [6.45, 7) is 4.22. The van der Waals surface area contributed by atoms with E-state index in [1.165, 1.54) is 0 Å². The van der Waals surface area contributed by atoms with Crippen LogP contribution in [0.15, 0.2) is 69.6 Å². The Morgan fingerprint density at radius 3 is 2.58 bits per heavy atom. The van der Waals surface area contributed by atoms with Gasteiger partial charge in [-0.3, -0.25) is 9.59 Å². The van der Waals surface area contributed by atoms with Gasteiger partial charge in [-0.1, -0.05) is 58.4 Å². The minimum Gasteiger partial charge on any atom is -0.483 e. The topological polar surface area (TPSA) is 58.6 Å². The van der Waals surface area contributed by atoms with E-state index in [-0.39, 0.29) is 18.4 Å². The molecule has 1 N–H and O–H groups in total. The first-order chi connectivity index (χ1) is 14.9. The zero-order valence-corrected chi connectivity index (χ0v) is 20.6. The van der Waals surface area contributed by atoms with Gasteiger partial charge in [-0.25, -0.2) is 0 Å². The molecule has 0 bridgehead atoms. The minimum absolute atomic E-state index is 0.172. The lowest BCUT2D eigenvalue weighted by molar-refractivity contribution is -0.142. The molecule has 0 aromatic heterocycles. The van der Waals surface area contributed by atoms with Crippen LogP contribution in [0.3, 0.4) is 0 Å². The first-order valence-corrected chi connectivity index (χ1v) is 11.6. The Labute approximate surface area is 199 Å². The number of halogens is 2. The number of nitrogens with one attached hydrogen (secondary N) is 1. The molecule has 0 aliphatic heterocycles. The van der Waals surface area contributed by atoms with E-state index in [0.29, 0.717) is 18.8 Å². The molecule has 5 nitrogen and oxygen atoms in total. The minimum atomic E-state index is -0.630. The maximum Gasteiger partial charge on any atom is 0.261 e. The highest BCUT2D eigenvalue weighted by Gasteiger charge is 2.26. The Hall–Kier alpha value is -2.38. The van der Waals surface area contributed by atoms with Crippen LogP contribution in [0.5, 0.6) is 5.75 Å². The molecule has 162 valence electrons. The molecule has 0 aliphatic rings. The van der Waals surface area contributed by atoms with Crippen molar-refractivity contribution in [3.8, 4) is 5.75 Å². The fourth-order valence-electron chi connectivity index (χ4n) is 3.28. The average molecular weight is 548 g/mol. The summed E-state index contributed by atoms with van der Waals surface area (Å²) in [4.78, 5) is 27.1. The summed E-state index contributed by atoms with van der Waals surface area (Å²) >= 11 is 7.04. The maximum atomic E-state index is 13.1. The number of rotatable bonds is 8. The van der Waals surface area contributed by atoms with E-state index in [0.717, 1.165) is 25.3 Å². The van der Waals surface area contributed by atoms with Crippen molar-refractivity contribution in [2.24, 2.45) is 0 Å². The van der Waals surface area contributed by atoms with Gasteiger partial charge in [0.2, 0.25) is 5.91 Å². The van der Waals surface area contributed by atoms with Crippen LogP contribution in [0.25, 0.3) is 10.8 Å². The van der Waals surface area contributed by atoms with Gasteiger partial charge < -0.3 is 15.0 Å². The molecule has 0 spiro atoms. The van der Waals surface area contributed by atoms with Gasteiger partial charge in [-0.2, -0.15) is 0 Å². The molecule has 0 fully saturated rings. The van der Waals surface area contributed by atoms with Crippen LogP contribution < -0.4 is 10.1 Å². The SMILES string of the molecule is CCNC(=O)C(C)N(Cc1cccc(Br)c1)C(=O)COc1ccc2ccccc2c1Br. The molecule has 3 aromatic carbocycles. The quantitative estimate of drug-likeness (QED) is 0.416. The van der Waals surface area contributed by atoms with E-state index < -0.39 is 6.04 Å². The van der Waals surface area contributed by atoms with Crippen LogP contribution in [0.4, 0.5) is 0 Å². The van der Waals surface area contributed by atoms with Crippen molar-refractivity contribution in [1.29, 1.82) is 0 Å². The van der Waals surface area contributed by atoms with Crippen LogP contribution in [-0.4, -0.2) is 35.9 Å². The summed E-state index contributed by atoms with van der Waals surface area (Å²) in [5, 5.41) is 4.88. The van der Waals surface area contributed by atoms with Crippen molar-refractivity contribution in [3.05, 3.63) is 75.2 Å². The molecule has 0 radical (unpaired) electrons. The summed E-state index contributed by atoms with van der Waals surface area (Å²) in [7, 11) is 0. The predicted molar refractivity (Wildman–Crippen MR) is 130 cm³/mol. The summed E-state index contributed by atoms with van der Waals surface area (Å²) in [5.74, 6) is 0.122. The zero-order valence-electron chi connectivity index (χ0n) is 17.4. The zero-order chi connectivity index (χ0) is 22.4. The van der Waals surface area contributed by atoms with Gasteiger partial charge in [-0.05, 0) is 64.3 Å². The normalized spacial score (nSPS) is 11.7. The largest absolute Gasteiger partial charge is 0.483 e. The third kappa shape index (κ3) is 5.86. The fourth-order valence-corrected chi connectivity index (χ4v) is 4.34. The summed E-state index contributed by atoms with van der Waals surface area (Å²) in [6, 6.07) is 18.8. The van der Waals surface area contributed by atoms with Gasteiger partial charge >= 0.3 is 0 Å². The Balaban J connectivity index is 1.79. The third-order valence-corrected chi connectivity index (χ3v) is 6.25. The molecule has 1 atom stereocenters. The summed E-state index contributed by atoms with van der Waals surface area (Å²) in [6.07, 6.45) is 0. The highest BCUT2D eigenvalue weighted by molar-refractivity contribution is 9.11. The van der Waals surface area contributed by atoms with Gasteiger partial charge in [0, 0.05) is 17.6 Å². The van der Waals surface area contributed by atoms with Crippen molar-refractivity contribution in [1.82, 2.24) is 10.2 Å². The van der Waals surface area contributed by atoms with E-state index in [1.807, 2.05) is 67.6 Å². The molecule has 31 heavy (non-hydrogen) atoms. The van der Waals surface area contributed by atoms with Gasteiger partial charge in [0.1, 0.15) is 11.8 Å². The van der Waals surface area contributed by atoms with Crippen LogP contribution in [0, 0.1) is 0 Å². The van der Waals surface area contributed by atoms with Crippen LogP contribution >= 0.6 is 31.9 Å². The first-order valence-electron chi connectivity index (χ1n) is 10.0. The number of hydrogen-bond acceptors (Lipinski definition) is 3. The number of carbonyl (C=O) groups excluding carboxylic acids is 2. The molecule has 0 aliphatic carbocycles. The number of fused-ring (bicyclic) bond motifs is 1. The molecule has 0 heterocycles. The van der Waals surface area contributed by atoms with Crippen molar-refractivity contribution in [2.75, 3.05) is 13.2 Å². The maximum absolute atomic E-state index is 13.1. The molecule has 0 saturated carbocycles. The number of hydrogen-bond donors (Lipinski definition) is 1. The Morgan fingerprint density at radius 2 is 1.84 bits per heavy atom. The number of ether oxygens (including phenoxy) is 1. The van der Waals surface area contributed by atoms with Crippen molar-refractivity contribution in [2.45, 2.75) is 26.4 Å². The second kappa shape index (κ2) is 10.8. The van der Waals surface area contributed by atoms with E-state index in [2.05, 4.69) is 37.2 Å². The van der Waals surface area contributed by atoms with Crippen molar-refractivity contribution >= 4 is 54.4 Å². The molecule has 7 heteroatoms. The summed E-state index contributed by atoms with van der Waals surface area (Å²) < 4.78 is 7.58. The Bertz CT molecular complexity index is 1090. The van der Waals surface area contributed by atoms with E-state index in [4.69, 9.17) is 4.74 Å². The van der Waals surface area contributed by atoms with Crippen molar-refractivity contribution in [3.63, 3.8) is 0 Å². The third-order valence-electron chi connectivity index (χ3n) is 4.94. The number of carbonyl (C=O) groups is 2. The molecule has 2 amide bonds. The van der Waals surface area contributed by atoms with Crippen LogP contribution in [0.2, 0.25) is 0 Å². The molecule has 1 unspecified atom stereocenters. The lowest BCUT2D eigenvalue weighted by atomic mass is 10.1. The molecule has 0 saturated heterocycles. The van der Waals surface area contributed by atoms with Gasteiger partial charge in [0.05, 0.1) is 4.47 Å². The van der Waals surface area contributed by atoms with E-state index >= 15 is 0 Å². The number of amides is 2. The molecule has 3 aromatic rings. The highest BCUT2D eigenvalue weighted by atomic mass is 79.9. The monoisotopic (exact) mass is 546 g/mol.